The van der Waals surface area contributed by atoms with Gasteiger partial charge in [0.25, 0.3) is 0 Å². The molecule has 1 aromatic rings. The monoisotopic (exact) mass is 416 g/mol. The van der Waals surface area contributed by atoms with Crippen molar-refractivity contribution in [3.8, 4) is 0 Å². The fraction of sp³-hybridized carbons (Fsp3) is 0.588. The van der Waals surface area contributed by atoms with Crippen molar-refractivity contribution < 1.29 is 0 Å². The van der Waals surface area contributed by atoms with E-state index in [1.165, 1.54) is 18.4 Å². The van der Waals surface area contributed by atoms with E-state index in [0.717, 1.165) is 25.6 Å². The summed E-state index contributed by atoms with van der Waals surface area (Å²) in [6.45, 7) is 5.37. The molecule has 1 aliphatic heterocycles. The highest BCUT2D eigenvalue weighted by Gasteiger charge is 2.24. The van der Waals surface area contributed by atoms with Gasteiger partial charge in [0.15, 0.2) is 5.96 Å². The number of likely N-dealkylation sites (tertiary alicyclic amines) is 1. The Bertz CT molecular complexity index is 453. The molecule has 0 saturated carbocycles. The van der Waals surface area contributed by atoms with Gasteiger partial charge in [-0.3, -0.25) is 9.89 Å². The lowest BCUT2D eigenvalue weighted by atomic mass is 9.96. The summed E-state index contributed by atoms with van der Waals surface area (Å²) in [5.41, 5.74) is 7.29. The van der Waals surface area contributed by atoms with Crippen molar-refractivity contribution in [2.75, 3.05) is 33.7 Å². The molecule has 1 fully saturated rings. The third-order valence-corrected chi connectivity index (χ3v) is 4.33. The van der Waals surface area contributed by atoms with E-state index in [0.29, 0.717) is 12.0 Å². The van der Waals surface area contributed by atoms with Crippen molar-refractivity contribution in [2.45, 2.75) is 25.8 Å². The zero-order valence-corrected chi connectivity index (χ0v) is 16.2. The first-order chi connectivity index (χ1) is 10.1. The molecule has 124 valence electrons. The molecule has 0 spiro atoms. The average Bonchev–Trinajstić information content (AvgIpc) is 2.50. The summed E-state index contributed by atoms with van der Waals surface area (Å²) in [7, 11) is 3.86. The molecular weight excluding hydrogens is 387 g/mol. The van der Waals surface area contributed by atoms with E-state index in [1.807, 2.05) is 19.0 Å². The molecule has 0 bridgehead atoms. The fourth-order valence-corrected chi connectivity index (χ4v) is 2.77. The lowest BCUT2D eigenvalue weighted by Gasteiger charge is -2.36. The van der Waals surface area contributed by atoms with Gasteiger partial charge in [0, 0.05) is 14.1 Å². The predicted molar refractivity (Wildman–Crippen MR) is 105 cm³/mol. The number of guanidine groups is 1. The molecule has 1 aromatic carbocycles. The van der Waals surface area contributed by atoms with Crippen molar-refractivity contribution in [3.05, 3.63) is 35.9 Å². The molecule has 0 aromatic heterocycles. The van der Waals surface area contributed by atoms with Gasteiger partial charge in [-0.1, -0.05) is 37.3 Å². The van der Waals surface area contributed by atoms with E-state index in [9.17, 15) is 0 Å². The Morgan fingerprint density at radius 3 is 2.41 bits per heavy atom. The number of rotatable bonds is 4. The second kappa shape index (κ2) is 9.35. The highest BCUT2D eigenvalue weighted by atomic mass is 127. The fourth-order valence-electron chi connectivity index (χ4n) is 2.77. The predicted octanol–water partition coefficient (Wildman–Crippen LogP) is 2.95. The molecule has 0 radical (unpaired) electrons. The van der Waals surface area contributed by atoms with E-state index in [-0.39, 0.29) is 24.0 Å². The van der Waals surface area contributed by atoms with Gasteiger partial charge in [-0.25, -0.2) is 0 Å². The molecule has 1 aliphatic rings. The first-order valence-electron chi connectivity index (χ1n) is 7.84. The number of hydrogen-bond acceptors (Lipinski definition) is 2. The van der Waals surface area contributed by atoms with Gasteiger partial charge in [0.2, 0.25) is 0 Å². The molecule has 1 unspecified atom stereocenters. The van der Waals surface area contributed by atoms with Crippen molar-refractivity contribution in [3.63, 3.8) is 0 Å². The minimum atomic E-state index is 0. The van der Waals surface area contributed by atoms with Gasteiger partial charge >= 0.3 is 0 Å². The second-order valence-corrected chi connectivity index (χ2v) is 6.24. The average molecular weight is 416 g/mol. The Balaban J connectivity index is 0.00000242. The zero-order valence-electron chi connectivity index (χ0n) is 13.9. The molecule has 4 nitrogen and oxygen atoms in total. The largest absolute Gasteiger partial charge is 0.370 e. The summed E-state index contributed by atoms with van der Waals surface area (Å²) in [5.74, 6) is 1.44. The molecule has 1 heterocycles. The summed E-state index contributed by atoms with van der Waals surface area (Å²) in [6, 6.07) is 11.0. The van der Waals surface area contributed by atoms with Gasteiger partial charge in [-0.05, 0) is 37.4 Å². The molecular formula is C17H29IN4. The number of aliphatic imine (C=N–C) groups is 1. The van der Waals surface area contributed by atoms with Crippen LogP contribution in [0, 0.1) is 5.92 Å². The zero-order chi connectivity index (χ0) is 15.2. The van der Waals surface area contributed by atoms with E-state index in [1.54, 1.807) is 0 Å². The molecule has 1 saturated heterocycles. The first-order valence-corrected chi connectivity index (χ1v) is 7.84. The van der Waals surface area contributed by atoms with Crippen LogP contribution < -0.4 is 5.73 Å². The Morgan fingerprint density at radius 2 is 1.86 bits per heavy atom. The van der Waals surface area contributed by atoms with Crippen LogP contribution in [0.15, 0.2) is 35.3 Å². The van der Waals surface area contributed by atoms with E-state index in [4.69, 9.17) is 5.73 Å². The van der Waals surface area contributed by atoms with Crippen LogP contribution in [-0.4, -0.2) is 49.5 Å². The van der Waals surface area contributed by atoms with Crippen molar-refractivity contribution in [1.82, 2.24) is 9.80 Å². The lowest BCUT2D eigenvalue weighted by molar-refractivity contribution is 0.141. The summed E-state index contributed by atoms with van der Waals surface area (Å²) >= 11 is 0. The molecule has 22 heavy (non-hydrogen) atoms. The smallest absolute Gasteiger partial charge is 0.190 e. The van der Waals surface area contributed by atoms with Crippen LogP contribution in [0.25, 0.3) is 0 Å². The number of halogens is 1. The minimum Gasteiger partial charge on any atom is -0.370 e. The van der Waals surface area contributed by atoms with Gasteiger partial charge in [-0.15, -0.1) is 24.0 Å². The van der Waals surface area contributed by atoms with Gasteiger partial charge < -0.3 is 10.6 Å². The molecule has 2 N–H and O–H groups in total. The summed E-state index contributed by atoms with van der Waals surface area (Å²) in [4.78, 5) is 8.99. The Kier molecular flexibility index (Phi) is 8.17. The summed E-state index contributed by atoms with van der Waals surface area (Å²) in [5, 5.41) is 0. The molecule has 5 heteroatoms. The maximum atomic E-state index is 5.95. The Labute approximate surface area is 151 Å². The third-order valence-electron chi connectivity index (χ3n) is 4.33. The van der Waals surface area contributed by atoms with Gasteiger partial charge in [0.05, 0.1) is 12.6 Å². The first kappa shape index (κ1) is 19.2. The van der Waals surface area contributed by atoms with Crippen LogP contribution in [0.2, 0.25) is 0 Å². The summed E-state index contributed by atoms with van der Waals surface area (Å²) < 4.78 is 0. The highest BCUT2D eigenvalue weighted by molar-refractivity contribution is 14.0. The Hall–Kier alpha value is -0.820. The van der Waals surface area contributed by atoms with Crippen LogP contribution in [0.4, 0.5) is 0 Å². The van der Waals surface area contributed by atoms with Crippen molar-refractivity contribution >= 4 is 29.9 Å². The van der Waals surface area contributed by atoms with Crippen LogP contribution >= 0.6 is 24.0 Å². The minimum absolute atomic E-state index is 0. The van der Waals surface area contributed by atoms with E-state index in [2.05, 4.69) is 47.1 Å². The number of hydrogen-bond donors (Lipinski definition) is 1. The van der Waals surface area contributed by atoms with Crippen molar-refractivity contribution in [2.24, 2.45) is 16.6 Å². The maximum absolute atomic E-state index is 5.95. The maximum Gasteiger partial charge on any atom is 0.190 e. The van der Waals surface area contributed by atoms with Crippen LogP contribution in [-0.2, 0) is 0 Å². The summed E-state index contributed by atoms with van der Waals surface area (Å²) in [6.07, 6.45) is 2.55. The number of benzene rings is 1. The standard InChI is InChI=1S/C17H28N4.HI/c1-14-9-11-21(12-10-14)16(13-19-17(18)20(2)3)15-7-5-4-6-8-15;/h4-8,14,16H,9-13H2,1-3H3,(H2,18,19);1H. The highest BCUT2D eigenvalue weighted by Crippen LogP contribution is 2.27. The molecule has 1 atom stereocenters. The molecule has 0 amide bonds. The molecule has 0 aliphatic carbocycles. The van der Waals surface area contributed by atoms with E-state index < -0.39 is 0 Å². The number of nitrogens with zero attached hydrogens (tertiary/aromatic N) is 3. The SMILES string of the molecule is CC1CCN(C(CN=C(N)N(C)C)c2ccccc2)CC1.I. The topological polar surface area (TPSA) is 44.9 Å². The Morgan fingerprint density at radius 1 is 1.27 bits per heavy atom. The van der Waals surface area contributed by atoms with Gasteiger partial charge in [0.1, 0.15) is 0 Å². The van der Waals surface area contributed by atoms with Crippen LogP contribution in [0.1, 0.15) is 31.4 Å². The lowest BCUT2D eigenvalue weighted by Crippen LogP contribution is -2.38. The van der Waals surface area contributed by atoms with Gasteiger partial charge in [-0.2, -0.15) is 0 Å². The van der Waals surface area contributed by atoms with Crippen LogP contribution in [0.5, 0.6) is 0 Å². The third kappa shape index (κ3) is 5.43. The second-order valence-electron chi connectivity index (χ2n) is 6.24. The quantitative estimate of drug-likeness (QED) is 0.467. The number of nitrogens with two attached hydrogens (primary N) is 1. The van der Waals surface area contributed by atoms with Crippen molar-refractivity contribution in [1.29, 1.82) is 0 Å². The van der Waals surface area contributed by atoms with Crippen LogP contribution in [0.3, 0.4) is 0 Å². The normalized spacial score (nSPS) is 18.6. The molecule has 2 rings (SSSR count). The number of piperidine rings is 1. The van der Waals surface area contributed by atoms with E-state index >= 15 is 0 Å².